The van der Waals surface area contributed by atoms with E-state index >= 15 is 0 Å². The molecule has 0 bridgehead atoms. The fourth-order valence-electron chi connectivity index (χ4n) is 1.24. The Bertz CT molecular complexity index is 368. The van der Waals surface area contributed by atoms with E-state index in [-0.39, 0.29) is 0 Å². The third kappa shape index (κ3) is 5.75. The maximum atomic E-state index is 11.3. The highest BCUT2D eigenvalue weighted by atomic mass is 16.6. The minimum atomic E-state index is -0.473. The summed E-state index contributed by atoms with van der Waals surface area (Å²) in [6.07, 6.45) is 3.37. The maximum absolute atomic E-state index is 11.3. The second-order valence-corrected chi connectivity index (χ2v) is 4.77. The molecule has 94 valence electrons. The molecule has 0 aliphatic heterocycles. The lowest BCUT2D eigenvalue weighted by atomic mass is 10.2. The predicted octanol–water partition coefficient (Wildman–Crippen LogP) is 1.28. The van der Waals surface area contributed by atoms with E-state index in [1.54, 1.807) is 24.5 Å². The number of rotatable bonds is 3. The van der Waals surface area contributed by atoms with E-state index < -0.39 is 11.7 Å². The second-order valence-electron chi connectivity index (χ2n) is 4.77. The molecule has 1 heterocycles. The van der Waals surface area contributed by atoms with Gasteiger partial charge in [0.1, 0.15) is 5.60 Å². The molecule has 17 heavy (non-hydrogen) atoms. The molecule has 0 radical (unpaired) electrons. The van der Waals surface area contributed by atoms with Crippen molar-refractivity contribution in [3.05, 3.63) is 30.1 Å². The van der Waals surface area contributed by atoms with Crippen LogP contribution in [-0.4, -0.2) is 23.4 Å². The molecule has 0 saturated heterocycles. The largest absolute Gasteiger partial charge is 0.444 e. The molecule has 5 heteroatoms. The lowest BCUT2D eigenvalue weighted by Crippen LogP contribution is -2.33. The summed E-state index contributed by atoms with van der Waals surface area (Å²) in [5.41, 5.74) is 0.561. The topological polar surface area (TPSA) is 62.4 Å². The molecule has 0 aromatic carbocycles. The third-order valence-corrected chi connectivity index (χ3v) is 1.96. The van der Waals surface area contributed by atoms with Crippen molar-refractivity contribution < 1.29 is 19.5 Å². The average molecular weight is 239 g/mol. The van der Waals surface area contributed by atoms with E-state index in [0.717, 1.165) is 10.3 Å². The first-order valence-electron chi connectivity index (χ1n) is 5.53. The van der Waals surface area contributed by atoms with Crippen molar-refractivity contribution in [2.24, 2.45) is 0 Å². The van der Waals surface area contributed by atoms with Crippen LogP contribution in [0.1, 0.15) is 26.3 Å². The van der Waals surface area contributed by atoms with Crippen LogP contribution < -0.4 is 10.0 Å². The Morgan fingerprint density at radius 2 is 2.00 bits per heavy atom. The molecule has 1 rings (SSSR count). The molecule has 5 nitrogen and oxygen atoms in total. The Balaban J connectivity index is 2.28. The zero-order chi connectivity index (χ0) is 12.9. The zero-order valence-corrected chi connectivity index (χ0v) is 10.4. The first kappa shape index (κ1) is 13.3. The Morgan fingerprint density at radius 1 is 1.41 bits per heavy atom. The normalized spacial score (nSPS) is 11.0. The molecule has 0 unspecified atom stereocenters. The molecule has 0 fully saturated rings. The number of carbonyl (C=O) groups excluding carboxylic acids is 1. The molecular formula is C12H19N2O3+. The average Bonchev–Trinajstić information content (AvgIpc) is 2.18. The van der Waals surface area contributed by atoms with Crippen LogP contribution in [-0.2, 0) is 11.2 Å². The van der Waals surface area contributed by atoms with Crippen LogP contribution in [0.3, 0.4) is 0 Å². The number of aromatic nitrogens is 1. The van der Waals surface area contributed by atoms with Gasteiger partial charge in [0.2, 0.25) is 12.4 Å². The molecule has 0 aliphatic rings. The highest BCUT2D eigenvalue weighted by Crippen LogP contribution is 2.06. The van der Waals surface area contributed by atoms with Gasteiger partial charge in [-0.1, -0.05) is 0 Å². The zero-order valence-electron chi connectivity index (χ0n) is 10.4. The van der Waals surface area contributed by atoms with Crippen LogP contribution in [0, 0.1) is 0 Å². The Hall–Kier alpha value is -1.78. The van der Waals surface area contributed by atoms with E-state index in [4.69, 9.17) is 9.94 Å². The number of amides is 1. The fraction of sp³-hybridized carbons (Fsp3) is 0.500. The van der Waals surface area contributed by atoms with Crippen LogP contribution in [0.4, 0.5) is 4.79 Å². The number of nitrogens with zero attached hydrogens (tertiary/aromatic N) is 1. The fourth-order valence-corrected chi connectivity index (χ4v) is 1.24. The summed E-state index contributed by atoms with van der Waals surface area (Å²) in [6.45, 7) is 5.97. The van der Waals surface area contributed by atoms with Gasteiger partial charge in [0, 0.05) is 23.4 Å². The number of alkyl carbamates (subject to hydrolysis) is 1. The molecule has 2 N–H and O–H groups in total. The number of pyridine rings is 1. The molecule has 0 aliphatic carbocycles. The third-order valence-electron chi connectivity index (χ3n) is 1.96. The van der Waals surface area contributed by atoms with E-state index in [0.29, 0.717) is 13.0 Å². The van der Waals surface area contributed by atoms with Crippen molar-refractivity contribution in [3.8, 4) is 0 Å². The molecule has 0 saturated carbocycles. The second kappa shape index (κ2) is 5.52. The van der Waals surface area contributed by atoms with Crippen molar-refractivity contribution in [1.82, 2.24) is 5.32 Å². The van der Waals surface area contributed by atoms with Gasteiger partial charge in [-0.2, -0.15) is 0 Å². The molecule has 1 aromatic heterocycles. The molecule has 0 spiro atoms. The first-order valence-corrected chi connectivity index (χ1v) is 5.53. The van der Waals surface area contributed by atoms with E-state index in [2.05, 4.69) is 5.32 Å². The Morgan fingerprint density at radius 3 is 2.53 bits per heavy atom. The maximum Gasteiger partial charge on any atom is 0.407 e. The van der Waals surface area contributed by atoms with Gasteiger partial charge in [0.05, 0.1) is 0 Å². The molecule has 0 atom stereocenters. The van der Waals surface area contributed by atoms with Crippen LogP contribution >= 0.6 is 0 Å². The van der Waals surface area contributed by atoms with Gasteiger partial charge in [-0.25, -0.2) is 4.79 Å². The van der Waals surface area contributed by atoms with Crippen molar-refractivity contribution in [1.29, 1.82) is 0 Å². The smallest absolute Gasteiger partial charge is 0.407 e. The summed E-state index contributed by atoms with van der Waals surface area (Å²) >= 11 is 0. The van der Waals surface area contributed by atoms with Gasteiger partial charge in [-0.05, 0) is 32.8 Å². The first-order chi connectivity index (χ1) is 7.87. The van der Waals surface area contributed by atoms with E-state index in [9.17, 15) is 4.79 Å². The molecule has 1 amide bonds. The lowest BCUT2D eigenvalue weighted by Gasteiger charge is -2.19. The van der Waals surface area contributed by atoms with Gasteiger partial charge in [-0.15, -0.1) is 0 Å². The minimum absolute atomic E-state index is 0.411. The highest BCUT2D eigenvalue weighted by molar-refractivity contribution is 5.67. The number of ether oxygens (including phenoxy) is 1. The van der Waals surface area contributed by atoms with Gasteiger partial charge >= 0.3 is 6.09 Å². The lowest BCUT2D eigenvalue weighted by molar-refractivity contribution is -0.904. The van der Waals surface area contributed by atoms with Crippen molar-refractivity contribution >= 4 is 6.09 Å². The number of carbonyl (C=O) groups is 1. The number of hydrogen-bond acceptors (Lipinski definition) is 3. The number of nitrogens with one attached hydrogen (secondary N) is 1. The van der Waals surface area contributed by atoms with Crippen LogP contribution in [0.15, 0.2) is 24.5 Å². The van der Waals surface area contributed by atoms with Gasteiger partial charge in [0.15, 0.2) is 0 Å². The van der Waals surface area contributed by atoms with Crippen molar-refractivity contribution in [3.63, 3.8) is 0 Å². The molecular weight excluding hydrogens is 220 g/mol. The summed E-state index contributed by atoms with van der Waals surface area (Å²) in [7, 11) is 0. The van der Waals surface area contributed by atoms with Gasteiger partial charge in [0.25, 0.3) is 0 Å². The number of hydrogen-bond donors (Lipinski definition) is 2. The van der Waals surface area contributed by atoms with Crippen molar-refractivity contribution in [2.45, 2.75) is 32.8 Å². The highest BCUT2D eigenvalue weighted by Gasteiger charge is 2.15. The monoisotopic (exact) mass is 239 g/mol. The standard InChI is InChI=1S/C12H18N2O3/c1-12(2,3)17-11(15)13-7-4-10-5-8-14(16)9-6-10/h5-6,8-9H,4,7H2,1-3H3,(H-,13,15,16)/p+1. The summed E-state index contributed by atoms with van der Waals surface area (Å²) in [4.78, 5) is 11.3. The van der Waals surface area contributed by atoms with E-state index in [1.165, 1.54) is 0 Å². The van der Waals surface area contributed by atoms with Crippen LogP contribution in [0.25, 0.3) is 0 Å². The summed E-state index contributed by atoms with van der Waals surface area (Å²) in [6, 6.07) is 3.58. The molecule has 1 aromatic rings. The quantitative estimate of drug-likeness (QED) is 0.617. The summed E-state index contributed by atoms with van der Waals surface area (Å²) < 4.78 is 6.08. The van der Waals surface area contributed by atoms with Gasteiger partial charge in [-0.3, -0.25) is 5.21 Å². The predicted molar refractivity (Wildman–Crippen MR) is 61.8 cm³/mol. The Kier molecular flexibility index (Phi) is 4.31. The summed E-state index contributed by atoms with van der Waals surface area (Å²) in [5, 5.41) is 11.7. The van der Waals surface area contributed by atoms with Crippen LogP contribution in [0.2, 0.25) is 0 Å². The van der Waals surface area contributed by atoms with Crippen molar-refractivity contribution in [2.75, 3.05) is 6.54 Å². The summed E-state index contributed by atoms with van der Waals surface area (Å²) in [5.74, 6) is 0. The SMILES string of the molecule is CC(C)(C)OC(=O)NCCc1cc[n+](O)cc1. The minimum Gasteiger partial charge on any atom is -0.444 e. The van der Waals surface area contributed by atoms with Gasteiger partial charge < -0.3 is 10.1 Å². The van der Waals surface area contributed by atoms with Crippen LogP contribution in [0.5, 0.6) is 0 Å². The Labute approximate surface area is 101 Å². The van der Waals surface area contributed by atoms with E-state index in [1.807, 2.05) is 20.8 Å².